The first-order valence-corrected chi connectivity index (χ1v) is 10.2. The largest absolute Gasteiger partial charge is 0.386 e. The van der Waals surface area contributed by atoms with Crippen molar-refractivity contribution in [2.45, 2.75) is 32.8 Å². The summed E-state index contributed by atoms with van der Waals surface area (Å²) in [6.45, 7) is 5.43. The molecule has 30 heavy (non-hydrogen) atoms. The van der Waals surface area contributed by atoms with Gasteiger partial charge >= 0.3 is 6.03 Å². The molecule has 0 radical (unpaired) electrons. The first-order chi connectivity index (χ1) is 14.3. The molecule has 1 aliphatic rings. The fourth-order valence-electron chi connectivity index (χ4n) is 3.54. The lowest BCUT2D eigenvalue weighted by Gasteiger charge is -2.30. The van der Waals surface area contributed by atoms with Crippen molar-refractivity contribution in [3.8, 4) is 0 Å². The van der Waals surface area contributed by atoms with Crippen LogP contribution >= 0.6 is 0 Å². The molecule has 3 rings (SSSR count). The van der Waals surface area contributed by atoms with E-state index >= 15 is 0 Å². The van der Waals surface area contributed by atoms with E-state index in [1.54, 1.807) is 24.3 Å². The predicted molar refractivity (Wildman–Crippen MR) is 114 cm³/mol. The lowest BCUT2D eigenvalue weighted by molar-refractivity contribution is 0.0697. The van der Waals surface area contributed by atoms with Crippen molar-refractivity contribution in [3.63, 3.8) is 0 Å². The molecule has 2 aromatic carbocycles. The van der Waals surface area contributed by atoms with Gasteiger partial charge in [-0.25, -0.2) is 9.18 Å². The second-order valence-corrected chi connectivity index (χ2v) is 7.88. The molecule has 1 atom stereocenters. The first-order valence-electron chi connectivity index (χ1n) is 10.2. The third kappa shape index (κ3) is 5.36. The van der Waals surface area contributed by atoms with Gasteiger partial charge in [0.1, 0.15) is 5.82 Å². The van der Waals surface area contributed by atoms with Crippen molar-refractivity contribution in [1.82, 2.24) is 10.2 Å². The number of hydrogen-bond acceptors (Lipinski definition) is 3. The van der Waals surface area contributed by atoms with E-state index in [1.165, 1.54) is 18.2 Å². The topological polar surface area (TPSA) is 81.7 Å². The number of rotatable bonds is 5. The summed E-state index contributed by atoms with van der Waals surface area (Å²) in [7, 11) is 0. The van der Waals surface area contributed by atoms with Gasteiger partial charge in [0, 0.05) is 36.4 Å². The summed E-state index contributed by atoms with van der Waals surface area (Å²) < 4.78 is 13.7. The van der Waals surface area contributed by atoms with Crippen molar-refractivity contribution >= 4 is 17.6 Å². The van der Waals surface area contributed by atoms with E-state index in [2.05, 4.69) is 17.6 Å². The summed E-state index contributed by atoms with van der Waals surface area (Å²) in [6.07, 6.45) is 0.886. The highest BCUT2D eigenvalue weighted by atomic mass is 19.1. The van der Waals surface area contributed by atoms with E-state index in [-0.39, 0.29) is 18.0 Å². The highest BCUT2D eigenvalue weighted by Gasteiger charge is 2.22. The number of nitrogens with one attached hydrogen (secondary N) is 2. The van der Waals surface area contributed by atoms with Crippen LogP contribution < -0.4 is 10.6 Å². The van der Waals surface area contributed by atoms with Gasteiger partial charge in [-0.1, -0.05) is 25.1 Å². The number of hydrogen-bond donors (Lipinski definition) is 3. The van der Waals surface area contributed by atoms with Crippen LogP contribution in [0.1, 0.15) is 47.4 Å². The van der Waals surface area contributed by atoms with E-state index in [4.69, 9.17) is 0 Å². The van der Waals surface area contributed by atoms with Crippen molar-refractivity contribution in [1.29, 1.82) is 0 Å². The third-order valence-corrected chi connectivity index (χ3v) is 5.51. The number of carbonyl (C=O) groups excluding carboxylic acids is 2. The number of likely N-dealkylation sites (tertiary alicyclic amines) is 1. The Balaban J connectivity index is 1.55. The molecule has 1 heterocycles. The lowest BCUT2D eigenvalue weighted by atomic mass is 9.98. The van der Waals surface area contributed by atoms with Gasteiger partial charge in [-0.2, -0.15) is 0 Å². The number of benzene rings is 2. The molecule has 2 aromatic rings. The third-order valence-electron chi connectivity index (χ3n) is 5.51. The van der Waals surface area contributed by atoms with E-state index in [1.807, 2.05) is 11.8 Å². The average molecular weight is 413 g/mol. The summed E-state index contributed by atoms with van der Waals surface area (Å²) in [5.41, 5.74) is 2.06. The van der Waals surface area contributed by atoms with E-state index in [0.29, 0.717) is 17.2 Å². The Morgan fingerprint density at radius 3 is 2.57 bits per heavy atom. The SMILES string of the molecule is Cc1cc(C(=O)N2CCC(C)CC2)ccc1NC(=O)NCC(O)c1ccccc1F. The van der Waals surface area contributed by atoms with Crippen LogP contribution in [-0.2, 0) is 0 Å². The number of carbonyl (C=O) groups is 2. The Bertz CT molecular complexity index is 910. The van der Waals surface area contributed by atoms with Crippen LogP contribution in [0.15, 0.2) is 42.5 Å². The second kappa shape index (κ2) is 9.71. The van der Waals surface area contributed by atoms with Crippen molar-refractivity contribution in [2.24, 2.45) is 5.92 Å². The predicted octanol–water partition coefficient (Wildman–Crippen LogP) is 3.86. The highest BCUT2D eigenvalue weighted by Crippen LogP contribution is 2.21. The van der Waals surface area contributed by atoms with Crippen molar-refractivity contribution in [2.75, 3.05) is 25.0 Å². The quantitative estimate of drug-likeness (QED) is 0.696. The maximum Gasteiger partial charge on any atom is 0.319 e. The van der Waals surface area contributed by atoms with Gasteiger partial charge in [0.05, 0.1) is 6.10 Å². The van der Waals surface area contributed by atoms with Crippen LogP contribution in [0.4, 0.5) is 14.9 Å². The van der Waals surface area contributed by atoms with Gasteiger partial charge in [0.25, 0.3) is 5.91 Å². The molecule has 0 spiro atoms. The number of aliphatic hydroxyl groups excluding tert-OH is 1. The number of anilines is 1. The molecule has 0 saturated carbocycles. The van der Waals surface area contributed by atoms with Crippen LogP contribution in [0, 0.1) is 18.7 Å². The number of aliphatic hydroxyl groups is 1. The Labute approximate surface area is 176 Å². The molecule has 0 aliphatic carbocycles. The number of nitrogens with zero attached hydrogens (tertiary/aromatic N) is 1. The smallest absolute Gasteiger partial charge is 0.319 e. The first kappa shape index (κ1) is 21.8. The normalized spacial score (nSPS) is 15.5. The van der Waals surface area contributed by atoms with Gasteiger partial charge < -0.3 is 20.6 Å². The zero-order valence-corrected chi connectivity index (χ0v) is 17.3. The van der Waals surface area contributed by atoms with Crippen LogP contribution in [0.25, 0.3) is 0 Å². The summed E-state index contributed by atoms with van der Waals surface area (Å²) >= 11 is 0. The van der Waals surface area contributed by atoms with Crippen LogP contribution in [0.5, 0.6) is 0 Å². The maximum atomic E-state index is 13.7. The Morgan fingerprint density at radius 1 is 1.20 bits per heavy atom. The van der Waals surface area contributed by atoms with E-state index in [9.17, 15) is 19.1 Å². The van der Waals surface area contributed by atoms with Gasteiger partial charge in [0.15, 0.2) is 0 Å². The minimum absolute atomic E-state index is 0.00834. The summed E-state index contributed by atoms with van der Waals surface area (Å²) in [6, 6.07) is 10.5. The monoisotopic (exact) mass is 413 g/mol. The lowest BCUT2D eigenvalue weighted by Crippen LogP contribution is -2.38. The van der Waals surface area contributed by atoms with Crippen LogP contribution in [0.2, 0.25) is 0 Å². The number of halogens is 1. The highest BCUT2D eigenvalue weighted by molar-refractivity contribution is 5.96. The molecular weight excluding hydrogens is 385 g/mol. The number of amides is 3. The zero-order chi connectivity index (χ0) is 21.7. The van der Waals surface area contributed by atoms with Crippen molar-refractivity contribution < 1.29 is 19.1 Å². The second-order valence-electron chi connectivity index (χ2n) is 7.88. The fraction of sp³-hybridized carbons (Fsp3) is 0.391. The minimum Gasteiger partial charge on any atom is -0.386 e. The number of aryl methyl sites for hydroxylation is 1. The molecule has 1 aliphatic heterocycles. The molecular formula is C23H28FN3O3. The molecule has 1 unspecified atom stereocenters. The molecule has 1 saturated heterocycles. The molecule has 3 amide bonds. The maximum absolute atomic E-state index is 13.7. The molecule has 3 N–H and O–H groups in total. The molecule has 160 valence electrons. The summed E-state index contributed by atoms with van der Waals surface area (Å²) in [4.78, 5) is 26.8. The standard InChI is InChI=1S/C23H28FN3O3/c1-15-9-11-27(12-10-15)22(29)17-7-8-20(16(2)13-17)26-23(30)25-14-21(28)18-5-3-4-6-19(18)24/h3-8,13,15,21,28H,9-12,14H2,1-2H3,(H2,25,26,30). The minimum atomic E-state index is -1.15. The van der Waals surface area contributed by atoms with Crippen molar-refractivity contribution in [3.05, 3.63) is 65.0 Å². The molecule has 0 bridgehead atoms. The molecule has 0 aromatic heterocycles. The summed E-state index contributed by atoms with van der Waals surface area (Å²) in [5.74, 6) is 0.137. The van der Waals surface area contributed by atoms with Gasteiger partial charge in [0.2, 0.25) is 0 Å². The fourth-order valence-corrected chi connectivity index (χ4v) is 3.54. The van der Waals surface area contributed by atoms with Crippen LogP contribution in [-0.4, -0.2) is 41.6 Å². The number of piperidine rings is 1. The molecule has 1 fully saturated rings. The summed E-state index contributed by atoms with van der Waals surface area (Å²) in [5, 5.41) is 15.3. The van der Waals surface area contributed by atoms with Gasteiger partial charge in [-0.15, -0.1) is 0 Å². The van der Waals surface area contributed by atoms with E-state index < -0.39 is 18.0 Å². The Morgan fingerprint density at radius 2 is 1.90 bits per heavy atom. The Kier molecular flexibility index (Phi) is 7.05. The molecule has 7 heteroatoms. The molecule has 6 nitrogen and oxygen atoms in total. The van der Waals surface area contributed by atoms with Gasteiger partial charge in [-0.05, 0) is 55.5 Å². The zero-order valence-electron chi connectivity index (χ0n) is 17.3. The van der Waals surface area contributed by atoms with Crippen LogP contribution in [0.3, 0.4) is 0 Å². The van der Waals surface area contributed by atoms with E-state index in [0.717, 1.165) is 31.5 Å². The number of urea groups is 1. The van der Waals surface area contributed by atoms with Gasteiger partial charge in [-0.3, -0.25) is 4.79 Å². The Hall–Kier alpha value is -2.93. The average Bonchev–Trinajstić information content (AvgIpc) is 2.74.